The van der Waals surface area contributed by atoms with Crippen LogP contribution in [0.15, 0.2) is 54.9 Å². The molecule has 0 aliphatic carbocycles. The standard InChI is InChI=1S/C24H27N3O3/c1-17-4-5-19(23(12-17)29-3)15-27-10-11-30-24(16-27)22-14-25-13-21(26-22)18-6-8-20(28-2)9-7-18/h4-9,12-14,24H,10-11,15-16H2,1-3H3. The van der Waals surface area contributed by atoms with Gasteiger partial charge in [0.15, 0.2) is 0 Å². The Labute approximate surface area is 177 Å². The minimum absolute atomic E-state index is 0.110. The summed E-state index contributed by atoms with van der Waals surface area (Å²) in [5, 5.41) is 0. The Morgan fingerprint density at radius 3 is 2.67 bits per heavy atom. The first-order valence-corrected chi connectivity index (χ1v) is 10.1. The van der Waals surface area contributed by atoms with Gasteiger partial charge in [-0.15, -0.1) is 0 Å². The van der Waals surface area contributed by atoms with Crippen molar-refractivity contribution in [2.24, 2.45) is 0 Å². The van der Waals surface area contributed by atoms with Gasteiger partial charge in [0, 0.05) is 30.8 Å². The second-order valence-electron chi connectivity index (χ2n) is 7.47. The Hall–Kier alpha value is -2.96. The lowest BCUT2D eigenvalue weighted by Gasteiger charge is -2.33. The van der Waals surface area contributed by atoms with Gasteiger partial charge in [0.05, 0.1) is 44.6 Å². The van der Waals surface area contributed by atoms with Gasteiger partial charge in [-0.3, -0.25) is 9.88 Å². The second-order valence-corrected chi connectivity index (χ2v) is 7.47. The largest absolute Gasteiger partial charge is 0.497 e. The Bertz CT molecular complexity index is 991. The van der Waals surface area contributed by atoms with Crippen molar-refractivity contribution in [2.75, 3.05) is 33.9 Å². The fourth-order valence-electron chi connectivity index (χ4n) is 3.69. The lowest BCUT2D eigenvalue weighted by molar-refractivity contribution is -0.0352. The molecule has 1 atom stereocenters. The number of aromatic nitrogens is 2. The third-order valence-corrected chi connectivity index (χ3v) is 5.36. The number of methoxy groups -OCH3 is 2. The maximum atomic E-state index is 6.04. The number of aryl methyl sites for hydroxylation is 1. The van der Waals surface area contributed by atoms with E-state index in [2.05, 4.69) is 35.0 Å². The van der Waals surface area contributed by atoms with Crippen molar-refractivity contribution in [1.82, 2.24) is 14.9 Å². The summed E-state index contributed by atoms with van der Waals surface area (Å²) < 4.78 is 16.8. The van der Waals surface area contributed by atoms with Crippen molar-refractivity contribution in [3.8, 4) is 22.8 Å². The van der Waals surface area contributed by atoms with E-state index in [4.69, 9.17) is 19.2 Å². The van der Waals surface area contributed by atoms with E-state index in [0.717, 1.165) is 48.1 Å². The number of rotatable bonds is 6. The minimum atomic E-state index is -0.110. The second kappa shape index (κ2) is 9.24. The summed E-state index contributed by atoms with van der Waals surface area (Å²) in [7, 11) is 3.38. The van der Waals surface area contributed by atoms with Gasteiger partial charge < -0.3 is 14.2 Å². The van der Waals surface area contributed by atoms with Crippen LogP contribution >= 0.6 is 0 Å². The summed E-state index contributed by atoms with van der Waals surface area (Å²) in [4.78, 5) is 11.6. The van der Waals surface area contributed by atoms with Gasteiger partial charge in [-0.05, 0) is 42.8 Å². The van der Waals surface area contributed by atoms with Gasteiger partial charge >= 0.3 is 0 Å². The van der Waals surface area contributed by atoms with E-state index in [1.807, 2.05) is 24.3 Å². The Kier molecular flexibility index (Phi) is 6.26. The van der Waals surface area contributed by atoms with Gasteiger partial charge in [0.1, 0.15) is 17.6 Å². The average Bonchev–Trinajstić information content (AvgIpc) is 2.80. The van der Waals surface area contributed by atoms with Crippen LogP contribution in [0, 0.1) is 6.92 Å². The van der Waals surface area contributed by atoms with Gasteiger partial charge in [0.25, 0.3) is 0 Å². The SMILES string of the molecule is COc1ccc(-c2cncc(C3CN(Cc4ccc(C)cc4OC)CCO3)n2)cc1. The van der Waals surface area contributed by atoms with Crippen molar-refractivity contribution in [1.29, 1.82) is 0 Å². The molecule has 0 saturated carbocycles. The summed E-state index contributed by atoms with van der Waals surface area (Å²) in [6.45, 7) is 5.19. The summed E-state index contributed by atoms with van der Waals surface area (Å²) >= 11 is 0. The number of morpholine rings is 1. The number of nitrogens with zero attached hydrogens (tertiary/aromatic N) is 3. The number of hydrogen-bond donors (Lipinski definition) is 0. The highest BCUT2D eigenvalue weighted by atomic mass is 16.5. The molecule has 0 N–H and O–H groups in total. The first kappa shape index (κ1) is 20.3. The van der Waals surface area contributed by atoms with Crippen LogP contribution in [0.4, 0.5) is 0 Å². The number of hydrogen-bond acceptors (Lipinski definition) is 6. The van der Waals surface area contributed by atoms with Crippen molar-refractivity contribution < 1.29 is 14.2 Å². The van der Waals surface area contributed by atoms with Crippen molar-refractivity contribution in [3.63, 3.8) is 0 Å². The first-order valence-electron chi connectivity index (χ1n) is 10.1. The summed E-state index contributed by atoms with van der Waals surface area (Å²) in [6.07, 6.45) is 3.47. The first-order chi connectivity index (χ1) is 14.7. The molecule has 2 aromatic carbocycles. The molecule has 0 amide bonds. The molecule has 1 unspecified atom stereocenters. The maximum absolute atomic E-state index is 6.04. The molecule has 0 spiro atoms. The van der Waals surface area contributed by atoms with E-state index in [1.54, 1.807) is 26.6 Å². The zero-order chi connectivity index (χ0) is 20.9. The van der Waals surface area contributed by atoms with Crippen LogP contribution in [0.1, 0.15) is 22.9 Å². The average molecular weight is 405 g/mol. The summed E-state index contributed by atoms with van der Waals surface area (Å²) in [5.41, 5.74) is 5.06. The van der Waals surface area contributed by atoms with E-state index in [0.29, 0.717) is 6.61 Å². The van der Waals surface area contributed by atoms with Gasteiger partial charge in [-0.25, -0.2) is 4.98 Å². The molecular weight excluding hydrogens is 378 g/mol. The quantitative estimate of drug-likeness (QED) is 0.617. The minimum Gasteiger partial charge on any atom is -0.497 e. The fraction of sp³-hybridized carbons (Fsp3) is 0.333. The molecule has 1 aromatic heterocycles. The third-order valence-electron chi connectivity index (χ3n) is 5.36. The molecule has 3 aromatic rings. The van der Waals surface area contributed by atoms with Crippen LogP contribution in [-0.4, -0.2) is 48.8 Å². The Morgan fingerprint density at radius 2 is 1.90 bits per heavy atom. The molecule has 6 heteroatoms. The predicted octanol–water partition coefficient (Wildman–Crippen LogP) is 4.04. The molecular formula is C24H27N3O3. The molecule has 6 nitrogen and oxygen atoms in total. The molecule has 156 valence electrons. The Morgan fingerprint density at radius 1 is 1.07 bits per heavy atom. The fourth-order valence-corrected chi connectivity index (χ4v) is 3.69. The maximum Gasteiger partial charge on any atom is 0.123 e. The van der Waals surface area contributed by atoms with Gasteiger partial charge in [0.2, 0.25) is 0 Å². The van der Waals surface area contributed by atoms with Gasteiger partial charge in [-0.1, -0.05) is 12.1 Å². The predicted molar refractivity (Wildman–Crippen MR) is 116 cm³/mol. The zero-order valence-corrected chi connectivity index (χ0v) is 17.7. The highest BCUT2D eigenvalue weighted by molar-refractivity contribution is 5.59. The van der Waals surface area contributed by atoms with Crippen LogP contribution in [0.3, 0.4) is 0 Å². The number of benzene rings is 2. The smallest absolute Gasteiger partial charge is 0.123 e. The van der Waals surface area contributed by atoms with Crippen molar-refractivity contribution in [3.05, 3.63) is 71.7 Å². The highest BCUT2D eigenvalue weighted by Crippen LogP contribution is 2.27. The molecule has 1 aliphatic rings. The highest BCUT2D eigenvalue weighted by Gasteiger charge is 2.24. The Balaban J connectivity index is 1.49. The lowest BCUT2D eigenvalue weighted by Crippen LogP contribution is -2.38. The van der Waals surface area contributed by atoms with E-state index in [1.165, 1.54) is 11.1 Å². The molecule has 0 radical (unpaired) electrons. The topological polar surface area (TPSA) is 56.7 Å². The number of ether oxygens (including phenoxy) is 3. The summed E-state index contributed by atoms with van der Waals surface area (Å²) in [5.74, 6) is 1.75. The van der Waals surface area contributed by atoms with E-state index in [-0.39, 0.29) is 6.10 Å². The molecule has 0 bridgehead atoms. The van der Waals surface area contributed by atoms with Crippen LogP contribution in [0.25, 0.3) is 11.3 Å². The molecule has 4 rings (SSSR count). The van der Waals surface area contributed by atoms with Crippen LogP contribution in [0.5, 0.6) is 11.5 Å². The molecule has 30 heavy (non-hydrogen) atoms. The monoisotopic (exact) mass is 405 g/mol. The van der Waals surface area contributed by atoms with Gasteiger partial charge in [-0.2, -0.15) is 0 Å². The van der Waals surface area contributed by atoms with E-state index < -0.39 is 0 Å². The van der Waals surface area contributed by atoms with Crippen molar-refractivity contribution >= 4 is 0 Å². The summed E-state index contributed by atoms with van der Waals surface area (Å²) in [6, 6.07) is 14.2. The molecule has 2 heterocycles. The zero-order valence-electron chi connectivity index (χ0n) is 17.7. The van der Waals surface area contributed by atoms with E-state index in [9.17, 15) is 0 Å². The lowest BCUT2D eigenvalue weighted by atomic mass is 10.1. The van der Waals surface area contributed by atoms with E-state index >= 15 is 0 Å². The normalized spacial score (nSPS) is 17.0. The molecule has 1 aliphatic heterocycles. The van der Waals surface area contributed by atoms with Crippen LogP contribution in [-0.2, 0) is 11.3 Å². The molecule has 1 fully saturated rings. The molecule has 1 saturated heterocycles. The van der Waals surface area contributed by atoms with Crippen molar-refractivity contribution in [2.45, 2.75) is 19.6 Å². The van der Waals surface area contributed by atoms with Crippen LogP contribution in [0.2, 0.25) is 0 Å². The van der Waals surface area contributed by atoms with Crippen LogP contribution < -0.4 is 9.47 Å². The third kappa shape index (κ3) is 4.61.